The molecule has 2 unspecified atom stereocenters. The van der Waals surface area contributed by atoms with Gasteiger partial charge in [-0.2, -0.15) is 5.26 Å². The second-order valence-electron chi connectivity index (χ2n) is 5.73. The first kappa shape index (κ1) is 13.0. The van der Waals surface area contributed by atoms with E-state index < -0.39 is 0 Å². The molecule has 2 aliphatic rings. The molecule has 1 aromatic carbocycles. The van der Waals surface area contributed by atoms with E-state index in [4.69, 9.17) is 5.26 Å². The van der Waals surface area contributed by atoms with Crippen LogP contribution in [0.25, 0.3) is 0 Å². The van der Waals surface area contributed by atoms with Crippen LogP contribution in [0.4, 0.5) is 5.69 Å². The largest absolute Gasteiger partial charge is 0.367 e. The first-order valence-electron chi connectivity index (χ1n) is 7.26. The van der Waals surface area contributed by atoms with Gasteiger partial charge in [0.05, 0.1) is 17.3 Å². The first-order valence-corrected chi connectivity index (χ1v) is 8.05. The molecule has 3 rings (SSSR count). The fraction of sp³-hybridized carbons (Fsp3) is 0.562. The van der Waals surface area contributed by atoms with E-state index in [1.165, 1.54) is 44.2 Å². The van der Waals surface area contributed by atoms with Crippen LogP contribution in [0, 0.1) is 17.2 Å². The highest BCUT2D eigenvalue weighted by atomic mass is 79.9. The Bertz CT molecular complexity index is 504. The molecule has 0 N–H and O–H groups in total. The van der Waals surface area contributed by atoms with E-state index in [-0.39, 0.29) is 0 Å². The SMILES string of the molecule is N#Cc1ccc(N2CCCC3CCCCC32)c(Br)c1. The lowest BCUT2D eigenvalue weighted by atomic mass is 9.78. The van der Waals surface area contributed by atoms with Gasteiger partial charge in [-0.1, -0.05) is 12.8 Å². The molecule has 1 aromatic rings. The molecule has 1 saturated carbocycles. The Morgan fingerprint density at radius 1 is 1.16 bits per heavy atom. The lowest BCUT2D eigenvalue weighted by molar-refractivity contribution is 0.243. The monoisotopic (exact) mass is 318 g/mol. The van der Waals surface area contributed by atoms with Crippen LogP contribution in [0.2, 0.25) is 0 Å². The highest BCUT2D eigenvalue weighted by Gasteiger charge is 2.33. The van der Waals surface area contributed by atoms with Gasteiger partial charge in [0, 0.05) is 17.1 Å². The highest BCUT2D eigenvalue weighted by molar-refractivity contribution is 9.10. The predicted octanol–water partition coefficient (Wildman–Crippen LogP) is 4.48. The van der Waals surface area contributed by atoms with Gasteiger partial charge in [0.15, 0.2) is 0 Å². The Morgan fingerprint density at radius 3 is 2.74 bits per heavy atom. The standard InChI is InChI=1S/C16H19BrN2/c17-14-10-12(11-18)7-8-16(14)19-9-3-5-13-4-1-2-6-15(13)19/h7-8,10,13,15H,1-6,9H2. The Balaban J connectivity index is 1.90. The van der Waals surface area contributed by atoms with E-state index in [1.807, 2.05) is 12.1 Å². The Hall–Kier alpha value is -1.01. The summed E-state index contributed by atoms with van der Waals surface area (Å²) in [4.78, 5) is 2.58. The van der Waals surface area contributed by atoms with Crippen molar-refractivity contribution in [2.45, 2.75) is 44.6 Å². The number of benzene rings is 1. The maximum atomic E-state index is 8.97. The number of hydrogen-bond acceptors (Lipinski definition) is 2. The van der Waals surface area contributed by atoms with Crippen molar-refractivity contribution in [2.75, 3.05) is 11.4 Å². The maximum absolute atomic E-state index is 8.97. The van der Waals surface area contributed by atoms with Gasteiger partial charge in [-0.3, -0.25) is 0 Å². The van der Waals surface area contributed by atoms with Gasteiger partial charge in [-0.15, -0.1) is 0 Å². The number of piperidine rings is 1. The topological polar surface area (TPSA) is 27.0 Å². The summed E-state index contributed by atoms with van der Waals surface area (Å²) in [6.45, 7) is 1.16. The lowest BCUT2D eigenvalue weighted by Crippen LogP contribution is -2.47. The summed E-state index contributed by atoms with van der Waals surface area (Å²) in [5.74, 6) is 0.880. The first-order chi connectivity index (χ1) is 9.29. The third-order valence-corrected chi connectivity index (χ3v) is 5.26. The summed E-state index contributed by atoms with van der Waals surface area (Å²) >= 11 is 3.65. The zero-order valence-electron chi connectivity index (χ0n) is 11.1. The minimum absolute atomic E-state index is 0.715. The van der Waals surface area contributed by atoms with Gasteiger partial charge in [-0.25, -0.2) is 0 Å². The molecule has 1 aliphatic heterocycles. The number of rotatable bonds is 1. The molecule has 2 fully saturated rings. The lowest BCUT2D eigenvalue weighted by Gasteiger charge is -2.45. The van der Waals surface area contributed by atoms with E-state index in [1.54, 1.807) is 0 Å². The minimum Gasteiger partial charge on any atom is -0.367 e. The highest BCUT2D eigenvalue weighted by Crippen LogP contribution is 2.40. The molecule has 1 saturated heterocycles. The third-order valence-electron chi connectivity index (χ3n) is 4.63. The fourth-order valence-electron chi connectivity index (χ4n) is 3.73. The van der Waals surface area contributed by atoms with E-state index in [0.717, 1.165) is 22.5 Å². The molecular formula is C16H19BrN2. The number of halogens is 1. The number of nitrogens with zero attached hydrogens (tertiary/aromatic N) is 2. The Kier molecular flexibility index (Phi) is 3.79. The third kappa shape index (κ3) is 2.51. The van der Waals surface area contributed by atoms with Gasteiger partial charge in [0.25, 0.3) is 0 Å². The summed E-state index contributed by atoms with van der Waals surface area (Å²) in [5, 5.41) is 8.97. The molecule has 2 nitrogen and oxygen atoms in total. The molecule has 0 spiro atoms. The second kappa shape index (κ2) is 5.54. The smallest absolute Gasteiger partial charge is 0.0992 e. The van der Waals surface area contributed by atoms with E-state index >= 15 is 0 Å². The van der Waals surface area contributed by atoms with Gasteiger partial charge in [0.2, 0.25) is 0 Å². The number of nitriles is 1. The molecule has 0 bridgehead atoms. The summed E-state index contributed by atoms with van der Waals surface area (Å²) in [6, 6.07) is 8.91. The van der Waals surface area contributed by atoms with Crippen LogP contribution < -0.4 is 4.90 Å². The zero-order valence-corrected chi connectivity index (χ0v) is 12.7. The summed E-state index contributed by atoms with van der Waals surface area (Å²) in [5.41, 5.74) is 2.00. The van der Waals surface area contributed by atoms with Crippen molar-refractivity contribution in [1.29, 1.82) is 5.26 Å². The Labute approximate surface area is 123 Å². The van der Waals surface area contributed by atoms with Crippen molar-refractivity contribution < 1.29 is 0 Å². The fourth-order valence-corrected chi connectivity index (χ4v) is 4.34. The van der Waals surface area contributed by atoms with Crippen LogP contribution in [0.5, 0.6) is 0 Å². The molecule has 19 heavy (non-hydrogen) atoms. The average molecular weight is 319 g/mol. The van der Waals surface area contributed by atoms with Gasteiger partial charge < -0.3 is 4.90 Å². The summed E-state index contributed by atoms with van der Waals surface area (Å²) in [6.07, 6.45) is 8.20. The normalized spacial score (nSPS) is 26.6. The molecule has 0 aromatic heterocycles. The van der Waals surface area contributed by atoms with Crippen molar-refractivity contribution >= 4 is 21.6 Å². The van der Waals surface area contributed by atoms with Crippen molar-refractivity contribution in [3.63, 3.8) is 0 Å². The van der Waals surface area contributed by atoms with Crippen LogP contribution in [0.15, 0.2) is 22.7 Å². The van der Waals surface area contributed by atoms with E-state index in [0.29, 0.717) is 6.04 Å². The van der Waals surface area contributed by atoms with Gasteiger partial charge in [-0.05, 0) is 65.7 Å². The van der Waals surface area contributed by atoms with Gasteiger partial charge >= 0.3 is 0 Å². The zero-order chi connectivity index (χ0) is 13.2. The molecule has 3 heteroatoms. The van der Waals surface area contributed by atoms with Crippen LogP contribution in [-0.2, 0) is 0 Å². The molecule has 0 radical (unpaired) electrons. The predicted molar refractivity (Wildman–Crippen MR) is 81.2 cm³/mol. The minimum atomic E-state index is 0.715. The second-order valence-corrected chi connectivity index (χ2v) is 6.58. The molecular weight excluding hydrogens is 300 g/mol. The number of anilines is 1. The number of hydrogen-bond donors (Lipinski definition) is 0. The maximum Gasteiger partial charge on any atom is 0.0992 e. The van der Waals surface area contributed by atoms with E-state index in [2.05, 4.69) is 33.0 Å². The van der Waals surface area contributed by atoms with Crippen molar-refractivity contribution in [3.8, 4) is 6.07 Å². The molecule has 2 atom stereocenters. The molecule has 0 amide bonds. The van der Waals surface area contributed by atoms with Crippen molar-refractivity contribution in [2.24, 2.45) is 5.92 Å². The van der Waals surface area contributed by atoms with Crippen LogP contribution >= 0.6 is 15.9 Å². The van der Waals surface area contributed by atoms with E-state index in [9.17, 15) is 0 Å². The van der Waals surface area contributed by atoms with Crippen molar-refractivity contribution in [1.82, 2.24) is 0 Å². The van der Waals surface area contributed by atoms with Crippen LogP contribution in [0.1, 0.15) is 44.1 Å². The van der Waals surface area contributed by atoms with Gasteiger partial charge in [0.1, 0.15) is 0 Å². The summed E-state index contributed by atoms with van der Waals surface area (Å²) < 4.78 is 1.07. The summed E-state index contributed by atoms with van der Waals surface area (Å²) in [7, 11) is 0. The van der Waals surface area contributed by atoms with Crippen LogP contribution in [0.3, 0.4) is 0 Å². The number of fused-ring (bicyclic) bond motifs is 1. The average Bonchev–Trinajstić information content (AvgIpc) is 2.46. The molecule has 1 aliphatic carbocycles. The molecule has 1 heterocycles. The molecule has 100 valence electrons. The quantitative estimate of drug-likeness (QED) is 0.763. The Morgan fingerprint density at radius 2 is 1.95 bits per heavy atom. The van der Waals surface area contributed by atoms with Crippen LogP contribution in [-0.4, -0.2) is 12.6 Å². The van der Waals surface area contributed by atoms with Crippen molar-refractivity contribution in [3.05, 3.63) is 28.2 Å².